The summed E-state index contributed by atoms with van der Waals surface area (Å²) in [7, 11) is 1.96. The Labute approximate surface area is 75.9 Å². The maximum absolute atomic E-state index is 3.43. The smallest absolute Gasteiger partial charge is 0.0289 e. The van der Waals surface area contributed by atoms with Gasteiger partial charge in [0.1, 0.15) is 0 Å². The highest BCUT2D eigenvalue weighted by Crippen LogP contribution is 2.16. The van der Waals surface area contributed by atoms with E-state index in [0.717, 1.165) is 4.47 Å². The molecule has 0 aromatic heterocycles. The Morgan fingerprint density at radius 3 is 2.73 bits per heavy atom. The highest BCUT2D eigenvalue weighted by Gasteiger charge is 2.00. The first-order valence-electron chi connectivity index (χ1n) is 3.67. The van der Waals surface area contributed by atoms with Crippen molar-refractivity contribution in [2.75, 3.05) is 7.05 Å². The Kier molecular flexibility index (Phi) is 3.09. The molecule has 2 heteroatoms. The molecule has 0 aliphatic heterocycles. The van der Waals surface area contributed by atoms with Crippen molar-refractivity contribution in [2.24, 2.45) is 0 Å². The minimum atomic E-state index is 0.424. The number of nitrogens with one attached hydrogen (secondary N) is 1. The maximum atomic E-state index is 3.43. The van der Waals surface area contributed by atoms with Gasteiger partial charge in [-0.2, -0.15) is 0 Å². The van der Waals surface area contributed by atoms with E-state index in [2.05, 4.69) is 40.3 Å². The molecule has 1 atom stereocenters. The third-order valence-electron chi connectivity index (χ3n) is 1.78. The summed E-state index contributed by atoms with van der Waals surface area (Å²) in [6, 6.07) is 8.75. The molecular formula is C9H12BrN. The van der Waals surface area contributed by atoms with E-state index < -0.39 is 0 Å². The zero-order valence-electron chi connectivity index (χ0n) is 6.76. The summed E-state index contributed by atoms with van der Waals surface area (Å²) in [5.74, 6) is 0. The van der Waals surface area contributed by atoms with Crippen LogP contribution in [0.3, 0.4) is 0 Å². The van der Waals surface area contributed by atoms with Crippen LogP contribution < -0.4 is 5.32 Å². The first-order valence-corrected chi connectivity index (χ1v) is 4.46. The number of hydrogen-bond donors (Lipinski definition) is 1. The Bertz CT molecular complexity index is 235. The topological polar surface area (TPSA) is 12.0 Å². The molecule has 0 unspecified atom stereocenters. The van der Waals surface area contributed by atoms with Crippen molar-refractivity contribution in [1.82, 2.24) is 5.32 Å². The van der Waals surface area contributed by atoms with Crippen LogP contribution >= 0.6 is 15.9 Å². The molecule has 60 valence electrons. The van der Waals surface area contributed by atoms with Crippen molar-refractivity contribution in [3.05, 3.63) is 34.3 Å². The summed E-state index contributed by atoms with van der Waals surface area (Å²) in [6.45, 7) is 2.14. The van der Waals surface area contributed by atoms with E-state index in [9.17, 15) is 0 Å². The molecule has 11 heavy (non-hydrogen) atoms. The lowest BCUT2D eigenvalue weighted by Crippen LogP contribution is -2.11. The van der Waals surface area contributed by atoms with Crippen molar-refractivity contribution in [3.63, 3.8) is 0 Å². The second kappa shape index (κ2) is 3.88. The third kappa shape index (κ3) is 2.31. The summed E-state index contributed by atoms with van der Waals surface area (Å²) in [5.41, 5.74) is 1.31. The molecule has 0 heterocycles. The van der Waals surface area contributed by atoms with Crippen molar-refractivity contribution >= 4 is 15.9 Å². The fourth-order valence-electron chi connectivity index (χ4n) is 0.943. The SMILES string of the molecule is CN[C@@H](C)c1cccc(Br)c1. The van der Waals surface area contributed by atoms with Crippen LogP contribution in [0.5, 0.6) is 0 Å². The summed E-state index contributed by atoms with van der Waals surface area (Å²) in [6.07, 6.45) is 0. The molecular weight excluding hydrogens is 202 g/mol. The predicted octanol–water partition coefficient (Wildman–Crippen LogP) is 2.73. The van der Waals surface area contributed by atoms with Crippen LogP contribution in [0.25, 0.3) is 0 Å². The lowest BCUT2D eigenvalue weighted by molar-refractivity contribution is 0.652. The molecule has 0 saturated carbocycles. The van der Waals surface area contributed by atoms with Crippen LogP contribution in [-0.2, 0) is 0 Å². The second-order valence-electron chi connectivity index (χ2n) is 2.57. The van der Waals surface area contributed by atoms with Gasteiger partial charge >= 0.3 is 0 Å². The first-order chi connectivity index (χ1) is 5.24. The number of hydrogen-bond acceptors (Lipinski definition) is 1. The molecule has 0 saturated heterocycles. The zero-order valence-corrected chi connectivity index (χ0v) is 8.35. The average molecular weight is 214 g/mol. The summed E-state index contributed by atoms with van der Waals surface area (Å²) < 4.78 is 1.14. The lowest BCUT2D eigenvalue weighted by Gasteiger charge is -2.09. The molecule has 0 aliphatic rings. The summed E-state index contributed by atoms with van der Waals surface area (Å²) in [5, 5.41) is 3.19. The van der Waals surface area contributed by atoms with E-state index in [4.69, 9.17) is 0 Å². The van der Waals surface area contributed by atoms with Crippen LogP contribution in [0.1, 0.15) is 18.5 Å². The minimum Gasteiger partial charge on any atom is -0.313 e. The van der Waals surface area contributed by atoms with Gasteiger partial charge < -0.3 is 5.32 Å². The van der Waals surface area contributed by atoms with Gasteiger partial charge in [-0.05, 0) is 31.7 Å². The average Bonchev–Trinajstić information content (AvgIpc) is 2.03. The molecule has 0 bridgehead atoms. The summed E-state index contributed by atoms with van der Waals surface area (Å²) in [4.78, 5) is 0. The van der Waals surface area contributed by atoms with Crippen molar-refractivity contribution in [1.29, 1.82) is 0 Å². The van der Waals surface area contributed by atoms with Crippen molar-refractivity contribution in [2.45, 2.75) is 13.0 Å². The molecule has 1 nitrogen and oxygen atoms in total. The Morgan fingerprint density at radius 2 is 2.18 bits per heavy atom. The summed E-state index contributed by atoms with van der Waals surface area (Å²) >= 11 is 3.43. The normalized spacial score (nSPS) is 13.0. The highest BCUT2D eigenvalue weighted by atomic mass is 79.9. The molecule has 0 fully saturated rings. The molecule has 1 N–H and O–H groups in total. The van der Waals surface area contributed by atoms with Gasteiger partial charge in [0, 0.05) is 10.5 Å². The molecule has 1 rings (SSSR count). The van der Waals surface area contributed by atoms with Crippen LogP contribution in [-0.4, -0.2) is 7.05 Å². The van der Waals surface area contributed by atoms with E-state index in [0.29, 0.717) is 6.04 Å². The quantitative estimate of drug-likeness (QED) is 0.798. The van der Waals surface area contributed by atoms with E-state index in [1.807, 2.05) is 19.2 Å². The molecule has 0 aliphatic carbocycles. The van der Waals surface area contributed by atoms with Gasteiger partial charge in [-0.3, -0.25) is 0 Å². The zero-order chi connectivity index (χ0) is 8.27. The monoisotopic (exact) mass is 213 g/mol. The minimum absolute atomic E-state index is 0.424. The van der Waals surface area contributed by atoms with Crippen LogP contribution in [0.2, 0.25) is 0 Å². The van der Waals surface area contributed by atoms with Gasteiger partial charge in [-0.15, -0.1) is 0 Å². The predicted molar refractivity (Wildman–Crippen MR) is 51.6 cm³/mol. The van der Waals surface area contributed by atoms with Gasteiger partial charge in [-0.1, -0.05) is 28.1 Å². The largest absolute Gasteiger partial charge is 0.313 e. The van der Waals surface area contributed by atoms with Gasteiger partial charge in [0.25, 0.3) is 0 Å². The van der Waals surface area contributed by atoms with Crippen molar-refractivity contribution < 1.29 is 0 Å². The third-order valence-corrected chi connectivity index (χ3v) is 2.27. The van der Waals surface area contributed by atoms with Gasteiger partial charge in [0.05, 0.1) is 0 Å². The first kappa shape index (κ1) is 8.75. The fourth-order valence-corrected chi connectivity index (χ4v) is 1.36. The standard InChI is InChI=1S/C9H12BrN/c1-7(11-2)8-4-3-5-9(10)6-8/h3-7,11H,1-2H3/t7-/m0/s1. The fraction of sp³-hybridized carbons (Fsp3) is 0.333. The van der Waals surface area contributed by atoms with Crippen LogP contribution in [0.15, 0.2) is 28.7 Å². The maximum Gasteiger partial charge on any atom is 0.0289 e. The number of halogens is 1. The van der Waals surface area contributed by atoms with Crippen LogP contribution in [0.4, 0.5) is 0 Å². The van der Waals surface area contributed by atoms with Gasteiger partial charge in [0.15, 0.2) is 0 Å². The van der Waals surface area contributed by atoms with E-state index in [1.54, 1.807) is 0 Å². The Morgan fingerprint density at radius 1 is 1.45 bits per heavy atom. The molecule has 0 spiro atoms. The van der Waals surface area contributed by atoms with E-state index in [-0.39, 0.29) is 0 Å². The second-order valence-corrected chi connectivity index (χ2v) is 3.48. The highest BCUT2D eigenvalue weighted by molar-refractivity contribution is 9.10. The van der Waals surface area contributed by atoms with E-state index >= 15 is 0 Å². The molecule has 0 amide bonds. The van der Waals surface area contributed by atoms with Crippen molar-refractivity contribution in [3.8, 4) is 0 Å². The Hall–Kier alpha value is -0.340. The molecule has 0 radical (unpaired) electrons. The van der Waals surface area contributed by atoms with E-state index in [1.165, 1.54) is 5.56 Å². The number of rotatable bonds is 2. The van der Waals surface area contributed by atoms with Gasteiger partial charge in [0.2, 0.25) is 0 Å². The Balaban J connectivity index is 2.86. The van der Waals surface area contributed by atoms with Gasteiger partial charge in [-0.25, -0.2) is 0 Å². The molecule has 1 aromatic rings. The number of benzene rings is 1. The lowest BCUT2D eigenvalue weighted by atomic mass is 10.1. The van der Waals surface area contributed by atoms with Crippen LogP contribution in [0, 0.1) is 0 Å². The molecule has 1 aromatic carbocycles.